The van der Waals surface area contributed by atoms with Gasteiger partial charge in [-0.15, -0.1) is 0 Å². The van der Waals surface area contributed by atoms with Crippen molar-refractivity contribution < 1.29 is 43.7 Å². The fourth-order valence-corrected chi connectivity index (χ4v) is 6.95. The third-order valence-electron chi connectivity index (χ3n) is 9.88. The van der Waals surface area contributed by atoms with Crippen LogP contribution < -0.4 is 36.9 Å². The van der Waals surface area contributed by atoms with E-state index in [4.69, 9.17) is 20.9 Å². The largest absolute Gasteiger partial charge is 0.507 e. The first kappa shape index (κ1) is 44.5. The molecule has 2 heterocycles. The third kappa shape index (κ3) is 10.3. The third-order valence-corrected chi connectivity index (χ3v) is 9.88. The highest BCUT2D eigenvalue weighted by molar-refractivity contribution is 6.00. The summed E-state index contributed by atoms with van der Waals surface area (Å²) in [6.07, 6.45) is -0.153. The molecule has 60 heavy (non-hydrogen) atoms. The van der Waals surface area contributed by atoms with Gasteiger partial charge < -0.3 is 52.0 Å². The zero-order chi connectivity index (χ0) is 43.8. The number of hydrogen-bond donors (Lipinski definition) is 7. The number of benzene rings is 3. The standard InChI is InChI=1S/C43H52N8O9/c1-22(2)60-29-11-8-27(9-12-29)38-46-23(3)36(24(4)47-38)40(54)49-32(15-16-44)42(56)51(6)37-28-10-14-35(59-18-17-45)31(21-28)30-19-26(7-13-34(30)52)20-33(43(57)58)50-39(53)25(5)48-41(37)55/h7-14,19,21-22,25,32-33,37,52H,15-18,20,44-45H2,1-6H3,(H,48,55)(H,49,54)(H,50,53)(H,57,58)/t25-,32-,33-,37-/m0/s1. The summed E-state index contributed by atoms with van der Waals surface area (Å²) in [5.41, 5.74) is 14.6. The summed E-state index contributed by atoms with van der Waals surface area (Å²) >= 11 is 0. The fourth-order valence-electron chi connectivity index (χ4n) is 6.95. The first-order chi connectivity index (χ1) is 28.5. The second kappa shape index (κ2) is 19.4. The van der Waals surface area contributed by atoms with Crippen LogP contribution in [0.2, 0.25) is 0 Å². The summed E-state index contributed by atoms with van der Waals surface area (Å²) in [5.74, 6) is -3.03. The number of aromatic hydroxyl groups is 1. The number of carbonyl (C=O) groups excluding carboxylic acids is 4. The van der Waals surface area contributed by atoms with Crippen molar-refractivity contribution in [2.45, 2.75) is 77.7 Å². The summed E-state index contributed by atoms with van der Waals surface area (Å²) < 4.78 is 11.7. The SMILES string of the molecule is Cc1nc(-c2ccc(OC(C)C)cc2)nc(C)c1C(=O)N[C@@H](CCN)C(=O)N(C)[C@@H]1C(=O)N[C@@H](C)C(=O)N[C@H](C(=O)O)Cc2ccc(O)c(c2)-c2cc1ccc2OCCN. The number of hydrogen-bond acceptors (Lipinski definition) is 12. The molecule has 0 radical (unpaired) electrons. The van der Waals surface area contributed by atoms with E-state index in [0.29, 0.717) is 39.7 Å². The summed E-state index contributed by atoms with van der Waals surface area (Å²) in [5, 5.41) is 28.9. The van der Waals surface area contributed by atoms with Gasteiger partial charge in [-0.05, 0) is 107 Å². The van der Waals surface area contributed by atoms with Crippen molar-refractivity contribution in [3.63, 3.8) is 0 Å². The van der Waals surface area contributed by atoms with E-state index >= 15 is 0 Å². The topological polar surface area (TPSA) is 261 Å². The average Bonchev–Trinajstić information content (AvgIpc) is 3.19. The lowest BCUT2D eigenvalue weighted by Gasteiger charge is -2.32. The number of fused-ring (bicyclic) bond motifs is 5. The van der Waals surface area contributed by atoms with Gasteiger partial charge in [0.05, 0.1) is 23.1 Å². The highest BCUT2D eigenvalue weighted by atomic mass is 16.5. The molecule has 4 aromatic rings. The van der Waals surface area contributed by atoms with Crippen molar-refractivity contribution in [2.24, 2.45) is 11.5 Å². The van der Waals surface area contributed by atoms with Gasteiger partial charge >= 0.3 is 5.97 Å². The first-order valence-corrected chi connectivity index (χ1v) is 19.5. The lowest BCUT2D eigenvalue weighted by Crippen LogP contribution is -2.55. The molecule has 4 atom stereocenters. The van der Waals surface area contributed by atoms with Crippen molar-refractivity contribution in [1.82, 2.24) is 30.8 Å². The molecule has 0 unspecified atom stereocenters. The van der Waals surface area contributed by atoms with Crippen molar-refractivity contribution in [3.8, 4) is 39.8 Å². The Bertz CT molecular complexity index is 2230. The number of likely N-dealkylation sites (N-methyl/N-ethyl adjacent to an activating group) is 1. The summed E-state index contributed by atoms with van der Waals surface area (Å²) in [4.78, 5) is 78.6. The van der Waals surface area contributed by atoms with Crippen LogP contribution in [0.15, 0.2) is 60.7 Å². The van der Waals surface area contributed by atoms with Crippen LogP contribution in [0, 0.1) is 13.8 Å². The van der Waals surface area contributed by atoms with E-state index < -0.39 is 53.8 Å². The molecule has 1 aromatic heterocycles. The molecule has 1 aliphatic rings. The van der Waals surface area contributed by atoms with Crippen LogP contribution in [-0.2, 0) is 25.6 Å². The van der Waals surface area contributed by atoms with Crippen LogP contribution in [0.3, 0.4) is 0 Å². The number of ether oxygens (including phenoxy) is 2. The number of nitrogens with zero attached hydrogens (tertiary/aromatic N) is 3. The molecule has 9 N–H and O–H groups in total. The Morgan fingerprint density at radius 1 is 0.933 bits per heavy atom. The molecule has 0 saturated heterocycles. The first-order valence-electron chi connectivity index (χ1n) is 19.5. The molecule has 1 aliphatic heterocycles. The molecule has 0 fully saturated rings. The van der Waals surface area contributed by atoms with E-state index in [0.717, 1.165) is 4.90 Å². The molecule has 5 rings (SSSR count). The Hall–Kier alpha value is -6.59. The van der Waals surface area contributed by atoms with Crippen molar-refractivity contribution >= 4 is 29.6 Å². The van der Waals surface area contributed by atoms with Gasteiger partial charge in [-0.2, -0.15) is 0 Å². The molecular formula is C43H52N8O9. The minimum atomic E-state index is -1.43. The zero-order valence-corrected chi connectivity index (χ0v) is 34.4. The minimum absolute atomic E-state index is 0.00265. The zero-order valence-electron chi connectivity index (χ0n) is 34.4. The van der Waals surface area contributed by atoms with Gasteiger partial charge in [0.2, 0.25) is 17.7 Å². The van der Waals surface area contributed by atoms with Crippen LogP contribution in [0.5, 0.6) is 17.2 Å². The van der Waals surface area contributed by atoms with Crippen LogP contribution >= 0.6 is 0 Å². The van der Waals surface area contributed by atoms with E-state index in [9.17, 15) is 34.2 Å². The number of aryl methyl sites for hydroxylation is 2. The number of carboxylic acids is 1. The second-order valence-electron chi connectivity index (χ2n) is 14.8. The van der Waals surface area contributed by atoms with E-state index in [1.165, 1.54) is 26.1 Å². The summed E-state index contributed by atoms with van der Waals surface area (Å²) in [6.45, 7) is 8.83. The van der Waals surface area contributed by atoms with Gasteiger partial charge in [0.25, 0.3) is 5.91 Å². The Balaban J connectivity index is 1.52. The van der Waals surface area contributed by atoms with E-state index in [2.05, 4.69) is 25.9 Å². The number of amides is 4. The number of nitrogens with one attached hydrogen (secondary N) is 3. The van der Waals surface area contributed by atoms with Gasteiger partial charge in [-0.25, -0.2) is 14.8 Å². The molecule has 17 nitrogen and oxygen atoms in total. The average molecular weight is 825 g/mol. The highest BCUT2D eigenvalue weighted by Crippen LogP contribution is 2.39. The fraction of sp³-hybridized carbons (Fsp3) is 0.372. The molecule has 4 amide bonds. The number of aromatic nitrogens is 2. The molecule has 0 aliphatic carbocycles. The summed E-state index contributed by atoms with van der Waals surface area (Å²) in [7, 11) is 1.37. The van der Waals surface area contributed by atoms with E-state index in [-0.39, 0.29) is 66.8 Å². The number of rotatable bonds is 13. The van der Waals surface area contributed by atoms with E-state index in [1.54, 1.807) is 38.1 Å². The molecule has 318 valence electrons. The number of carbonyl (C=O) groups is 5. The van der Waals surface area contributed by atoms with Gasteiger partial charge in [0.1, 0.15) is 48.0 Å². The number of nitrogens with two attached hydrogens (primary N) is 2. The normalized spacial score (nSPS) is 17.1. The Morgan fingerprint density at radius 2 is 1.62 bits per heavy atom. The van der Waals surface area contributed by atoms with Crippen LogP contribution in [0.1, 0.15) is 66.1 Å². The predicted molar refractivity (Wildman–Crippen MR) is 222 cm³/mol. The molecule has 3 aromatic carbocycles. The van der Waals surface area contributed by atoms with Crippen molar-refractivity contribution in [3.05, 3.63) is 88.7 Å². The predicted octanol–water partition coefficient (Wildman–Crippen LogP) is 2.53. The highest BCUT2D eigenvalue weighted by Gasteiger charge is 2.36. The maximum absolute atomic E-state index is 14.5. The molecule has 17 heteroatoms. The maximum atomic E-state index is 14.5. The monoisotopic (exact) mass is 824 g/mol. The van der Waals surface area contributed by atoms with Gasteiger partial charge in [0, 0.05) is 36.7 Å². The van der Waals surface area contributed by atoms with Crippen molar-refractivity contribution in [2.75, 3.05) is 26.7 Å². The lowest BCUT2D eigenvalue weighted by molar-refractivity contribution is -0.143. The van der Waals surface area contributed by atoms with Crippen molar-refractivity contribution in [1.29, 1.82) is 0 Å². The van der Waals surface area contributed by atoms with E-state index in [1.807, 2.05) is 38.1 Å². The number of phenols is 1. The summed E-state index contributed by atoms with van der Waals surface area (Å²) in [6, 6.07) is 11.2. The number of carboxylic acid groups (broad SMARTS) is 1. The van der Waals surface area contributed by atoms with Crippen LogP contribution in [0.25, 0.3) is 22.5 Å². The molecular weight excluding hydrogens is 773 g/mol. The van der Waals surface area contributed by atoms with Crippen LogP contribution in [-0.4, -0.2) is 106 Å². The maximum Gasteiger partial charge on any atom is 0.326 e. The second-order valence-corrected chi connectivity index (χ2v) is 14.8. The van der Waals surface area contributed by atoms with Crippen LogP contribution in [0.4, 0.5) is 0 Å². The van der Waals surface area contributed by atoms with Gasteiger partial charge in [0.15, 0.2) is 5.82 Å². The van der Waals surface area contributed by atoms with Gasteiger partial charge in [-0.1, -0.05) is 12.1 Å². The smallest absolute Gasteiger partial charge is 0.326 e. The Labute approximate surface area is 347 Å². The number of phenolic OH excluding ortho intramolecular Hbond substituents is 1. The van der Waals surface area contributed by atoms with Gasteiger partial charge in [-0.3, -0.25) is 19.2 Å². The quantitative estimate of drug-likeness (QED) is 0.102. The number of aliphatic carboxylic acids is 1. The minimum Gasteiger partial charge on any atom is -0.507 e. The molecule has 0 spiro atoms. The molecule has 0 saturated carbocycles. The Morgan fingerprint density at radius 3 is 2.23 bits per heavy atom. The molecule has 4 bridgehead atoms. The Kier molecular flexibility index (Phi) is 14.4. The lowest BCUT2D eigenvalue weighted by atomic mass is 9.93.